The van der Waals surface area contributed by atoms with Crippen molar-refractivity contribution in [1.29, 1.82) is 0 Å². The number of carbonyl (C=O) groups excluding carboxylic acids is 1. The third kappa shape index (κ3) is 3.91. The highest BCUT2D eigenvalue weighted by Gasteiger charge is 2.20. The summed E-state index contributed by atoms with van der Waals surface area (Å²) < 4.78 is 34.9. The number of fused-ring (bicyclic) bond motifs is 1. The van der Waals surface area contributed by atoms with Crippen molar-refractivity contribution in [2.24, 2.45) is 7.05 Å². The molecule has 31 heavy (non-hydrogen) atoms. The predicted molar refractivity (Wildman–Crippen MR) is 112 cm³/mol. The Hall–Kier alpha value is -3.59. The zero-order valence-corrected chi connectivity index (χ0v) is 17.1. The Labute approximate surface area is 178 Å². The molecule has 2 heterocycles. The minimum atomic E-state index is -0.842. The fourth-order valence-electron chi connectivity index (χ4n) is 3.17. The van der Waals surface area contributed by atoms with E-state index in [4.69, 9.17) is 4.74 Å². The monoisotopic (exact) mass is 442 g/mol. The molecular weight excluding hydrogens is 426 g/mol. The van der Waals surface area contributed by atoms with E-state index in [2.05, 4.69) is 0 Å². The van der Waals surface area contributed by atoms with Crippen LogP contribution in [0.5, 0.6) is 0 Å². The number of hydrogen-bond acceptors (Lipinski definition) is 5. The first kappa shape index (κ1) is 20.7. The molecular formula is C22H16F2N2O4S. The average molecular weight is 442 g/mol. The number of esters is 1. The van der Waals surface area contributed by atoms with Crippen molar-refractivity contribution in [3.05, 3.63) is 103 Å². The molecule has 0 atom stereocenters. The molecule has 0 N–H and O–H groups in total. The fraction of sp³-hybridized carbons (Fsp3) is 0.136. The van der Waals surface area contributed by atoms with Gasteiger partial charge in [-0.25, -0.2) is 18.4 Å². The van der Waals surface area contributed by atoms with Crippen LogP contribution in [0.2, 0.25) is 0 Å². The van der Waals surface area contributed by atoms with Gasteiger partial charge in [-0.2, -0.15) is 0 Å². The van der Waals surface area contributed by atoms with Gasteiger partial charge in [0.1, 0.15) is 27.9 Å². The van der Waals surface area contributed by atoms with Gasteiger partial charge < -0.3 is 4.74 Å². The summed E-state index contributed by atoms with van der Waals surface area (Å²) in [6.07, 6.45) is 0. The third-order valence-electron chi connectivity index (χ3n) is 4.80. The van der Waals surface area contributed by atoms with E-state index in [1.54, 1.807) is 24.3 Å². The van der Waals surface area contributed by atoms with Crippen LogP contribution in [0.4, 0.5) is 8.78 Å². The Kier molecular flexibility index (Phi) is 5.51. The van der Waals surface area contributed by atoms with Crippen LogP contribution >= 0.6 is 11.3 Å². The topological polar surface area (TPSA) is 70.3 Å². The summed E-state index contributed by atoms with van der Waals surface area (Å²) in [6, 6.07) is 13.7. The van der Waals surface area contributed by atoms with Gasteiger partial charge in [0.15, 0.2) is 0 Å². The van der Waals surface area contributed by atoms with E-state index in [0.717, 1.165) is 33.6 Å². The van der Waals surface area contributed by atoms with Crippen molar-refractivity contribution >= 4 is 27.5 Å². The molecule has 158 valence electrons. The Bertz CT molecular complexity index is 1390. The van der Waals surface area contributed by atoms with E-state index in [1.807, 2.05) is 6.07 Å². The number of halogens is 2. The van der Waals surface area contributed by atoms with E-state index >= 15 is 0 Å². The molecule has 0 saturated carbocycles. The van der Waals surface area contributed by atoms with Gasteiger partial charge in [0.25, 0.3) is 5.56 Å². The molecule has 0 saturated heterocycles. The SMILES string of the molecule is Cn1c(=O)n(Cc2ccccc2)c(=O)c2cc(C(=O)OCc3c(F)cccc3F)sc21. The van der Waals surface area contributed by atoms with Crippen LogP contribution in [-0.4, -0.2) is 15.1 Å². The first-order valence-electron chi connectivity index (χ1n) is 9.24. The first-order chi connectivity index (χ1) is 14.9. The van der Waals surface area contributed by atoms with Gasteiger partial charge in [0.2, 0.25) is 0 Å². The lowest BCUT2D eigenvalue weighted by Gasteiger charge is -2.08. The third-order valence-corrected chi connectivity index (χ3v) is 6.00. The summed E-state index contributed by atoms with van der Waals surface area (Å²) in [6.45, 7) is -0.507. The van der Waals surface area contributed by atoms with Gasteiger partial charge in [-0.3, -0.25) is 13.9 Å². The van der Waals surface area contributed by atoms with Gasteiger partial charge >= 0.3 is 11.7 Å². The molecule has 9 heteroatoms. The Balaban J connectivity index is 1.67. The van der Waals surface area contributed by atoms with E-state index in [-0.39, 0.29) is 22.4 Å². The number of ether oxygens (including phenoxy) is 1. The summed E-state index contributed by atoms with van der Waals surface area (Å²) in [4.78, 5) is 38.4. The highest BCUT2D eigenvalue weighted by molar-refractivity contribution is 7.20. The maximum absolute atomic E-state index is 13.7. The van der Waals surface area contributed by atoms with Crippen LogP contribution in [0.25, 0.3) is 10.2 Å². The molecule has 6 nitrogen and oxygen atoms in total. The molecule has 0 aliphatic rings. The normalized spacial score (nSPS) is 11.1. The van der Waals surface area contributed by atoms with Crippen LogP contribution in [-0.2, 0) is 24.9 Å². The minimum Gasteiger partial charge on any atom is -0.456 e. The number of rotatable bonds is 5. The van der Waals surface area contributed by atoms with Crippen LogP contribution in [0.3, 0.4) is 0 Å². The molecule has 0 unspecified atom stereocenters. The number of hydrogen-bond donors (Lipinski definition) is 0. The number of carbonyl (C=O) groups is 1. The second kappa shape index (κ2) is 8.27. The highest BCUT2D eigenvalue weighted by atomic mass is 32.1. The Morgan fingerprint density at radius 2 is 1.71 bits per heavy atom. The summed E-state index contributed by atoms with van der Waals surface area (Å²) in [5, 5.41) is 0.187. The van der Waals surface area contributed by atoms with Crippen LogP contribution in [0.15, 0.2) is 64.2 Å². The smallest absolute Gasteiger partial charge is 0.348 e. The van der Waals surface area contributed by atoms with Crippen LogP contribution < -0.4 is 11.2 Å². The Morgan fingerprint density at radius 3 is 2.39 bits per heavy atom. The number of benzene rings is 2. The average Bonchev–Trinajstić information content (AvgIpc) is 3.21. The number of thiophene rings is 1. The standard InChI is InChI=1S/C22H16F2N2O4S/c1-25-20-14(19(27)26(22(25)29)11-13-6-3-2-4-7-13)10-18(31-20)21(28)30-12-15-16(23)8-5-9-17(15)24/h2-10H,11-12H2,1H3. The van der Waals surface area contributed by atoms with E-state index in [9.17, 15) is 23.2 Å². The predicted octanol–water partition coefficient (Wildman–Crippen LogP) is 3.45. The zero-order chi connectivity index (χ0) is 22.1. The summed E-state index contributed by atoms with van der Waals surface area (Å²) in [5.74, 6) is -2.49. The van der Waals surface area contributed by atoms with E-state index in [1.165, 1.54) is 23.7 Å². The zero-order valence-electron chi connectivity index (χ0n) is 16.3. The van der Waals surface area contributed by atoms with Gasteiger partial charge in [-0.15, -0.1) is 11.3 Å². The van der Waals surface area contributed by atoms with Crippen molar-refractivity contribution in [2.75, 3.05) is 0 Å². The molecule has 4 aromatic rings. The molecule has 0 fully saturated rings. The molecule has 0 amide bonds. The van der Waals surface area contributed by atoms with Crippen molar-refractivity contribution in [2.45, 2.75) is 13.2 Å². The number of aryl methyl sites for hydroxylation is 1. The molecule has 2 aromatic heterocycles. The number of nitrogens with zero attached hydrogens (tertiary/aromatic N) is 2. The molecule has 2 aromatic carbocycles. The molecule has 0 bridgehead atoms. The van der Waals surface area contributed by atoms with Gasteiger partial charge in [0.05, 0.1) is 17.5 Å². The van der Waals surface area contributed by atoms with Crippen molar-refractivity contribution < 1.29 is 18.3 Å². The second-order valence-electron chi connectivity index (χ2n) is 6.82. The lowest BCUT2D eigenvalue weighted by Crippen LogP contribution is -2.38. The highest BCUT2D eigenvalue weighted by Crippen LogP contribution is 2.23. The van der Waals surface area contributed by atoms with Crippen molar-refractivity contribution in [3.63, 3.8) is 0 Å². The molecule has 0 radical (unpaired) electrons. The van der Waals surface area contributed by atoms with Gasteiger partial charge in [-0.05, 0) is 23.8 Å². The Morgan fingerprint density at radius 1 is 1.03 bits per heavy atom. The van der Waals surface area contributed by atoms with Crippen LogP contribution in [0.1, 0.15) is 20.8 Å². The minimum absolute atomic E-state index is 0.0521. The van der Waals surface area contributed by atoms with Gasteiger partial charge in [-0.1, -0.05) is 36.4 Å². The number of aromatic nitrogens is 2. The first-order valence-corrected chi connectivity index (χ1v) is 10.1. The van der Waals surface area contributed by atoms with Crippen molar-refractivity contribution in [3.8, 4) is 0 Å². The second-order valence-corrected chi connectivity index (χ2v) is 7.85. The summed E-state index contributed by atoms with van der Waals surface area (Å²) >= 11 is 0.906. The molecule has 0 aliphatic heterocycles. The summed E-state index contributed by atoms with van der Waals surface area (Å²) in [7, 11) is 1.51. The van der Waals surface area contributed by atoms with Crippen molar-refractivity contribution in [1.82, 2.24) is 9.13 Å². The van der Waals surface area contributed by atoms with Crippen LogP contribution in [0, 0.1) is 11.6 Å². The molecule has 4 rings (SSSR count). The lowest BCUT2D eigenvalue weighted by atomic mass is 10.2. The van der Waals surface area contributed by atoms with E-state index < -0.39 is 35.5 Å². The fourth-order valence-corrected chi connectivity index (χ4v) is 4.17. The molecule has 0 aliphatic carbocycles. The molecule has 0 spiro atoms. The maximum Gasteiger partial charge on any atom is 0.348 e. The van der Waals surface area contributed by atoms with E-state index in [0.29, 0.717) is 4.83 Å². The van der Waals surface area contributed by atoms with Gasteiger partial charge in [0, 0.05) is 7.05 Å². The lowest BCUT2D eigenvalue weighted by molar-refractivity contribution is 0.0470. The summed E-state index contributed by atoms with van der Waals surface area (Å²) in [5.41, 5.74) is -0.633. The quantitative estimate of drug-likeness (QED) is 0.444. The maximum atomic E-state index is 13.7. The largest absolute Gasteiger partial charge is 0.456 e.